The average Bonchev–Trinajstić information content (AvgIpc) is 2.34. The van der Waals surface area contributed by atoms with Gasteiger partial charge < -0.3 is 10.8 Å². The number of hydrogen-bond donors (Lipinski definition) is 2. The molecule has 0 aromatic heterocycles. The van der Waals surface area contributed by atoms with Crippen LogP contribution in [-0.2, 0) is 10.0 Å². The number of rotatable bonds is 2. The first-order chi connectivity index (χ1) is 9.13. The highest BCUT2D eigenvalue weighted by atomic mass is 32.2. The lowest BCUT2D eigenvalue weighted by atomic mass is 9.97. The zero-order chi connectivity index (χ0) is 15.1. The molecule has 1 aromatic rings. The van der Waals surface area contributed by atoms with Gasteiger partial charge in [0.1, 0.15) is 0 Å². The number of anilines is 1. The van der Waals surface area contributed by atoms with Crippen molar-refractivity contribution in [2.45, 2.75) is 44.1 Å². The van der Waals surface area contributed by atoms with Crippen molar-refractivity contribution in [3.8, 4) is 0 Å². The molecule has 1 atom stereocenters. The van der Waals surface area contributed by atoms with Gasteiger partial charge in [0, 0.05) is 18.8 Å². The molecule has 1 aliphatic rings. The van der Waals surface area contributed by atoms with E-state index in [1.807, 2.05) is 13.8 Å². The maximum atomic E-state index is 12.7. The van der Waals surface area contributed by atoms with Crippen molar-refractivity contribution in [3.05, 3.63) is 23.3 Å². The number of hydrogen-bond acceptors (Lipinski definition) is 4. The van der Waals surface area contributed by atoms with Crippen LogP contribution in [0.4, 0.5) is 5.69 Å². The Kier molecular flexibility index (Phi) is 3.83. The largest absolute Gasteiger partial charge is 0.398 e. The maximum absolute atomic E-state index is 12.7. The minimum Gasteiger partial charge on any atom is -0.398 e. The topological polar surface area (TPSA) is 83.6 Å². The molecule has 2 rings (SSSR count). The number of aryl methyl sites for hydroxylation is 1. The van der Waals surface area contributed by atoms with E-state index >= 15 is 0 Å². The maximum Gasteiger partial charge on any atom is 0.243 e. The summed E-state index contributed by atoms with van der Waals surface area (Å²) in [7, 11) is -3.60. The van der Waals surface area contributed by atoms with E-state index in [1.54, 1.807) is 13.0 Å². The van der Waals surface area contributed by atoms with Gasteiger partial charge in [-0.2, -0.15) is 4.31 Å². The molecule has 0 aliphatic carbocycles. The highest BCUT2D eigenvalue weighted by Gasteiger charge is 2.35. The molecule has 20 heavy (non-hydrogen) atoms. The van der Waals surface area contributed by atoms with Crippen LogP contribution in [0.2, 0.25) is 0 Å². The molecule has 112 valence electrons. The van der Waals surface area contributed by atoms with Crippen LogP contribution in [0.3, 0.4) is 0 Å². The Morgan fingerprint density at radius 3 is 2.55 bits per heavy atom. The van der Waals surface area contributed by atoms with E-state index in [0.29, 0.717) is 25.1 Å². The van der Waals surface area contributed by atoms with Gasteiger partial charge in [-0.1, -0.05) is 0 Å². The number of nitrogens with two attached hydrogens (primary N) is 1. The quantitative estimate of drug-likeness (QED) is 0.809. The van der Waals surface area contributed by atoms with Crippen molar-refractivity contribution >= 4 is 15.7 Å². The fraction of sp³-hybridized carbons (Fsp3) is 0.571. The molecule has 1 aliphatic heterocycles. The predicted octanol–water partition coefficient (Wildman–Crippen LogP) is 1.42. The molecule has 1 saturated heterocycles. The van der Waals surface area contributed by atoms with Gasteiger partial charge in [-0.15, -0.1) is 0 Å². The third-order valence-corrected chi connectivity index (χ3v) is 5.78. The lowest BCUT2D eigenvalue weighted by Crippen LogP contribution is -2.48. The summed E-state index contributed by atoms with van der Waals surface area (Å²) in [6.45, 7) is 5.95. The Morgan fingerprint density at radius 1 is 1.35 bits per heavy atom. The third kappa shape index (κ3) is 2.82. The van der Waals surface area contributed by atoms with E-state index < -0.39 is 15.6 Å². The van der Waals surface area contributed by atoms with Gasteiger partial charge in [0.05, 0.1) is 10.5 Å². The van der Waals surface area contributed by atoms with Crippen molar-refractivity contribution in [2.75, 3.05) is 18.8 Å². The minimum atomic E-state index is -3.60. The Balaban J connectivity index is 2.40. The summed E-state index contributed by atoms with van der Waals surface area (Å²) < 4.78 is 26.6. The standard InChI is InChI=1S/C14H22N2O3S/c1-10-7-12(8-13(15)11(10)2)20(18,19)16-6-4-5-14(3,17)9-16/h7-8,17H,4-6,9,15H2,1-3H3. The molecule has 0 radical (unpaired) electrons. The minimum absolute atomic E-state index is 0.127. The summed E-state index contributed by atoms with van der Waals surface area (Å²) in [5.74, 6) is 0. The Labute approximate surface area is 120 Å². The summed E-state index contributed by atoms with van der Waals surface area (Å²) in [4.78, 5) is 0.204. The lowest BCUT2D eigenvalue weighted by Gasteiger charge is -2.36. The van der Waals surface area contributed by atoms with Crippen molar-refractivity contribution in [3.63, 3.8) is 0 Å². The van der Waals surface area contributed by atoms with Crippen LogP contribution in [0.1, 0.15) is 30.9 Å². The van der Waals surface area contributed by atoms with Gasteiger partial charge in [-0.25, -0.2) is 8.42 Å². The number of nitrogens with zero attached hydrogens (tertiary/aromatic N) is 1. The van der Waals surface area contributed by atoms with Crippen molar-refractivity contribution in [1.82, 2.24) is 4.31 Å². The molecule has 1 fully saturated rings. The second-order valence-electron chi connectivity index (χ2n) is 5.89. The zero-order valence-electron chi connectivity index (χ0n) is 12.2. The highest BCUT2D eigenvalue weighted by molar-refractivity contribution is 7.89. The van der Waals surface area contributed by atoms with Gasteiger partial charge in [-0.3, -0.25) is 0 Å². The van der Waals surface area contributed by atoms with E-state index in [4.69, 9.17) is 5.73 Å². The number of benzene rings is 1. The van der Waals surface area contributed by atoms with Crippen LogP contribution in [0, 0.1) is 13.8 Å². The average molecular weight is 298 g/mol. The molecule has 3 N–H and O–H groups in total. The Morgan fingerprint density at radius 2 is 2.00 bits per heavy atom. The first-order valence-electron chi connectivity index (χ1n) is 6.73. The Hall–Kier alpha value is -1.11. The molecule has 0 spiro atoms. The van der Waals surface area contributed by atoms with Crippen LogP contribution in [0.15, 0.2) is 17.0 Å². The second-order valence-corrected chi connectivity index (χ2v) is 7.83. The molecule has 1 unspecified atom stereocenters. The number of sulfonamides is 1. The molecule has 0 saturated carbocycles. The van der Waals surface area contributed by atoms with Gasteiger partial charge in [0.25, 0.3) is 0 Å². The number of β-amino-alcohol motifs (C(OH)–C–C–N with tert-alkyl or cyclic N) is 1. The first-order valence-corrected chi connectivity index (χ1v) is 8.17. The highest BCUT2D eigenvalue weighted by Crippen LogP contribution is 2.28. The van der Waals surface area contributed by atoms with Crippen LogP contribution in [-0.4, -0.2) is 36.5 Å². The van der Waals surface area contributed by atoms with Gasteiger partial charge in [-0.05, 0) is 56.9 Å². The fourth-order valence-electron chi connectivity index (χ4n) is 2.53. The van der Waals surface area contributed by atoms with E-state index in [1.165, 1.54) is 10.4 Å². The fourth-order valence-corrected chi connectivity index (χ4v) is 4.25. The van der Waals surface area contributed by atoms with Crippen LogP contribution >= 0.6 is 0 Å². The van der Waals surface area contributed by atoms with E-state index in [-0.39, 0.29) is 11.4 Å². The molecule has 0 bridgehead atoms. The van der Waals surface area contributed by atoms with Crippen molar-refractivity contribution in [1.29, 1.82) is 0 Å². The van der Waals surface area contributed by atoms with E-state index in [9.17, 15) is 13.5 Å². The third-order valence-electron chi connectivity index (χ3n) is 3.96. The number of nitrogen functional groups attached to an aromatic ring is 1. The molecule has 0 amide bonds. The molecular weight excluding hydrogens is 276 g/mol. The summed E-state index contributed by atoms with van der Waals surface area (Å²) in [6, 6.07) is 3.14. The van der Waals surface area contributed by atoms with Crippen molar-refractivity contribution < 1.29 is 13.5 Å². The Bertz CT molecular complexity index is 600. The summed E-state index contributed by atoms with van der Waals surface area (Å²) in [5, 5.41) is 10.1. The summed E-state index contributed by atoms with van der Waals surface area (Å²) >= 11 is 0. The van der Waals surface area contributed by atoms with E-state index in [0.717, 1.165) is 11.1 Å². The number of piperidine rings is 1. The molecule has 5 nitrogen and oxygen atoms in total. The van der Waals surface area contributed by atoms with Gasteiger partial charge in [0.2, 0.25) is 10.0 Å². The van der Waals surface area contributed by atoms with Crippen LogP contribution in [0.5, 0.6) is 0 Å². The first kappa shape index (κ1) is 15.3. The van der Waals surface area contributed by atoms with Crippen LogP contribution < -0.4 is 5.73 Å². The van der Waals surface area contributed by atoms with Gasteiger partial charge >= 0.3 is 0 Å². The SMILES string of the molecule is Cc1cc(S(=O)(=O)N2CCCC(C)(O)C2)cc(N)c1C. The monoisotopic (exact) mass is 298 g/mol. The van der Waals surface area contributed by atoms with E-state index in [2.05, 4.69) is 0 Å². The summed E-state index contributed by atoms with van der Waals surface area (Å²) in [5.41, 5.74) is 7.14. The molecule has 6 heteroatoms. The predicted molar refractivity (Wildman–Crippen MR) is 78.9 cm³/mol. The summed E-state index contributed by atoms with van der Waals surface area (Å²) in [6.07, 6.45) is 1.28. The lowest BCUT2D eigenvalue weighted by molar-refractivity contribution is 0.00940. The zero-order valence-corrected chi connectivity index (χ0v) is 13.0. The molecular formula is C14H22N2O3S. The van der Waals surface area contributed by atoms with Crippen molar-refractivity contribution in [2.24, 2.45) is 0 Å². The normalized spacial score (nSPS) is 24.8. The van der Waals surface area contributed by atoms with Gasteiger partial charge in [0.15, 0.2) is 0 Å². The smallest absolute Gasteiger partial charge is 0.243 e. The molecule has 1 heterocycles. The van der Waals surface area contributed by atoms with Crippen LogP contribution in [0.25, 0.3) is 0 Å². The number of aliphatic hydroxyl groups is 1. The second kappa shape index (κ2) is 5.02. The molecule has 1 aromatic carbocycles.